The molecule has 0 radical (unpaired) electrons. The normalized spacial score (nSPS) is 12.5. The predicted octanol–water partition coefficient (Wildman–Crippen LogP) is 1.97. The number of aliphatic hydroxyl groups is 1. The minimum absolute atomic E-state index is 0.0348. The van der Waals surface area contributed by atoms with Crippen LogP contribution in [0.5, 0.6) is 5.75 Å². The van der Waals surface area contributed by atoms with Gasteiger partial charge in [-0.25, -0.2) is 0 Å². The standard InChI is InChI=1S/C11H17NO2/c1-3-9(2)11-5-4-10(8-12-11)14-7-6-13/h4-5,8-9,13H,3,6-7H2,1-2H3. The highest BCUT2D eigenvalue weighted by Crippen LogP contribution is 2.18. The van der Waals surface area contributed by atoms with E-state index in [1.165, 1.54) is 0 Å². The Morgan fingerprint density at radius 2 is 2.29 bits per heavy atom. The minimum Gasteiger partial charge on any atom is -0.490 e. The molecule has 1 N–H and O–H groups in total. The molecule has 1 aromatic heterocycles. The van der Waals surface area contributed by atoms with Crippen LogP contribution in [-0.2, 0) is 0 Å². The van der Waals surface area contributed by atoms with E-state index in [1.807, 2.05) is 12.1 Å². The lowest BCUT2D eigenvalue weighted by atomic mass is 10.0. The molecule has 1 rings (SSSR count). The fourth-order valence-electron chi connectivity index (χ4n) is 1.14. The predicted molar refractivity (Wildman–Crippen MR) is 55.5 cm³/mol. The van der Waals surface area contributed by atoms with Gasteiger partial charge in [-0.15, -0.1) is 0 Å². The number of rotatable bonds is 5. The van der Waals surface area contributed by atoms with Crippen molar-refractivity contribution in [2.45, 2.75) is 26.2 Å². The molecule has 0 bridgehead atoms. The highest BCUT2D eigenvalue weighted by molar-refractivity contribution is 5.21. The van der Waals surface area contributed by atoms with E-state index < -0.39 is 0 Å². The lowest BCUT2D eigenvalue weighted by molar-refractivity contribution is 0.201. The Labute approximate surface area is 84.7 Å². The summed E-state index contributed by atoms with van der Waals surface area (Å²) < 4.78 is 5.21. The SMILES string of the molecule is CCC(C)c1ccc(OCCO)cn1. The topological polar surface area (TPSA) is 42.4 Å². The fourth-order valence-corrected chi connectivity index (χ4v) is 1.14. The second kappa shape index (κ2) is 5.60. The van der Waals surface area contributed by atoms with Gasteiger partial charge in [0.1, 0.15) is 12.4 Å². The average molecular weight is 195 g/mol. The van der Waals surface area contributed by atoms with Crippen LogP contribution in [0.25, 0.3) is 0 Å². The third-order valence-corrected chi connectivity index (χ3v) is 2.24. The van der Waals surface area contributed by atoms with Gasteiger partial charge in [0.2, 0.25) is 0 Å². The van der Waals surface area contributed by atoms with E-state index in [-0.39, 0.29) is 6.61 Å². The van der Waals surface area contributed by atoms with Crippen LogP contribution in [-0.4, -0.2) is 23.3 Å². The maximum absolute atomic E-state index is 8.56. The summed E-state index contributed by atoms with van der Waals surface area (Å²) >= 11 is 0. The Hall–Kier alpha value is -1.09. The summed E-state index contributed by atoms with van der Waals surface area (Å²) in [6.07, 6.45) is 2.79. The summed E-state index contributed by atoms with van der Waals surface area (Å²) in [7, 11) is 0. The molecular weight excluding hydrogens is 178 g/mol. The van der Waals surface area contributed by atoms with Crippen molar-refractivity contribution in [3.05, 3.63) is 24.0 Å². The number of hydrogen-bond acceptors (Lipinski definition) is 3. The van der Waals surface area contributed by atoms with Crippen LogP contribution in [0, 0.1) is 0 Å². The van der Waals surface area contributed by atoms with E-state index in [2.05, 4.69) is 18.8 Å². The summed E-state index contributed by atoms with van der Waals surface area (Å²) in [6, 6.07) is 3.87. The van der Waals surface area contributed by atoms with Gasteiger partial charge in [0.05, 0.1) is 12.8 Å². The Kier molecular flexibility index (Phi) is 4.40. The van der Waals surface area contributed by atoms with Gasteiger partial charge in [-0.3, -0.25) is 4.98 Å². The first kappa shape index (κ1) is 11.0. The van der Waals surface area contributed by atoms with Gasteiger partial charge < -0.3 is 9.84 Å². The van der Waals surface area contributed by atoms with E-state index in [9.17, 15) is 0 Å². The van der Waals surface area contributed by atoms with Gasteiger partial charge in [0, 0.05) is 5.69 Å². The van der Waals surface area contributed by atoms with Crippen LogP contribution in [0.2, 0.25) is 0 Å². The maximum atomic E-state index is 8.56. The monoisotopic (exact) mass is 195 g/mol. The molecule has 0 saturated heterocycles. The molecule has 1 atom stereocenters. The molecule has 0 saturated carbocycles. The molecule has 0 aliphatic heterocycles. The number of aromatic nitrogens is 1. The maximum Gasteiger partial charge on any atom is 0.137 e. The highest BCUT2D eigenvalue weighted by atomic mass is 16.5. The van der Waals surface area contributed by atoms with Gasteiger partial charge in [-0.1, -0.05) is 13.8 Å². The van der Waals surface area contributed by atoms with E-state index in [0.717, 1.165) is 12.1 Å². The summed E-state index contributed by atoms with van der Waals surface area (Å²) in [6.45, 7) is 4.65. The van der Waals surface area contributed by atoms with Crippen LogP contribution in [0.3, 0.4) is 0 Å². The van der Waals surface area contributed by atoms with Crippen molar-refractivity contribution in [1.82, 2.24) is 4.98 Å². The molecule has 14 heavy (non-hydrogen) atoms. The Morgan fingerprint density at radius 1 is 1.50 bits per heavy atom. The molecule has 78 valence electrons. The first-order valence-corrected chi connectivity index (χ1v) is 4.97. The van der Waals surface area contributed by atoms with Crippen molar-refractivity contribution < 1.29 is 9.84 Å². The molecule has 0 fully saturated rings. The molecule has 0 aromatic carbocycles. The molecule has 1 aromatic rings. The molecule has 0 aliphatic carbocycles. The van der Waals surface area contributed by atoms with Crippen LogP contribution in [0.15, 0.2) is 18.3 Å². The molecule has 3 heteroatoms. The fraction of sp³-hybridized carbons (Fsp3) is 0.545. The summed E-state index contributed by atoms with van der Waals surface area (Å²) in [5.41, 5.74) is 1.09. The van der Waals surface area contributed by atoms with Crippen LogP contribution in [0.1, 0.15) is 31.9 Å². The average Bonchev–Trinajstić information content (AvgIpc) is 2.26. The van der Waals surface area contributed by atoms with Crippen molar-refractivity contribution in [2.75, 3.05) is 13.2 Å². The van der Waals surface area contributed by atoms with E-state index >= 15 is 0 Å². The zero-order chi connectivity index (χ0) is 10.4. The largest absolute Gasteiger partial charge is 0.490 e. The number of aliphatic hydroxyl groups excluding tert-OH is 1. The molecule has 0 aliphatic rings. The van der Waals surface area contributed by atoms with E-state index in [0.29, 0.717) is 18.3 Å². The van der Waals surface area contributed by atoms with Gasteiger partial charge >= 0.3 is 0 Å². The molecule has 1 unspecified atom stereocenters. The third kappa shape index (κ3) is 3.00. The number of nitrogens with zero attached hydrogens (tertiary/aromatic N) is 1. The van der Waals surface area contributed by atoms with Gasteiger partial charge in [0.15, 0.2) is 0 Å². The molecule has 0 spiro atoms. The highest BCUT2D eigenvalue weighted by Gasteiger charge is 2.03. The zero-order valence-corrected chi connectivity index (χ0v) is 8.73. The number of hydrogen-bond donors (Lipinski definition) is 1. The number of pyridine rings is 1. The van der Waals surface area contributed by atoms with Crippen molar-refractivity contribution >= 4 is 0 Å². The quantitative estimate of drug-likeness (QED) is 0.781. The minimum atomic E-state index is 0.0348. The Balaban J connectivity index is 2.59. The summed E-state index contributed by atoms with van der Waals surface area (Å²) in [5.74, 6) is 1.20. The molecule has 1 heterocycles. The number of ether oxygens (including phenoxy) is 1. The zero-order valence-electron chi connectivity index (χ0n) is 8.73. The van der Waals surface area contributed by atoms with Crippen LogP contribution >= 0.6 is 0 Å². The van der Waals surface area contributed by atoms with Gasteiger partial charge in [0.25, 0.3) is 0 Å². The first-order chi connectivity index (χ1) is 6.77. The van der Waals surface area contributed by atoms with Crippen molar-refractivity contribution in [3.63, 3.8) is 0 Å². The second-order valence-corrected chi connectivity index (χ2v) is 3.30. The van der Waals surface area contributed by atoms with Crippen LogP contribution < -0.4 is 4.74 Å². The van der Waals surface area contributed by atoms with Gasteiger partial charge in [-0.05, 0) is 24.5 Å². The molecular formula is C11H17NO2. The lowest BCUT2D eigenvalue weighted by Crippen LogP contribution is -2.02. The second-order valence-electron chi connectivity index (χ2n) is 3.30. The smallest absolute Gasteiger partial charge is 0.137 e. The van der Waals surface area contributed by atoms with Gasteiger partial charge in [-0.2, -0.15) is 0 Å². The van der Waals surface area contributed by atoms with Crippen LogP contribution in [0.4, 0.5) is 0 Å². The van der Waals surface area contributed by atoms with Crippen molar-refractivity contribution in [2.24, 2.45) is 0 Å². The summed E-state index contributed by atoms with van der Waals surface area (Å²) in [5, 5.41) is 8.56. The first-order valence-electron chi connectivity index (χ1n) is 4.97. The molecule has 3 nitrogen and oxygen atoms in total. The molecule has 0 amide bonds. The summed E-state index contributed by atoms with van der Waals surface area (Å²) in [4.78, 5) is 4.30. The Bertz CT molecular complexity index is 258. The van der Waals surface area contributed by atoms with E-state index in [1.54, 1.807) is 6.20 Å². The third-order valence-electron chi connectivity index (χ3n) is 2.24. The lowest BCUT2D eigenvalue weighted by Gasteiger charge is -2.08. The van der Waals surface area contributed by atoms with E-state index in [4.69, 9.17) is 9.84 Å². The van der Waals surface area contributed by atoms with Crippen molar-refractivity contribution in [3.8, 4) is 5.75 Å². The Morgan fingerprint density at radius 3 is 2.79 bits per heavy atom. The van der Waals surface area contributed by atoms with Crippen molar-refractivity contribution in [1.29, 1.82) is 0 Å².